The zero-order valence-corrected chi connectivity index (χ0v) is 19.5. The van der Waals surface area contributed by atoms with Gasteiger partial charge < -0.3 is 19.9 Å². The van der Waals surface area contributed by atoms with E-state index in [1.54, 1.807) is 7.05 Å². The zero-order chi connectivity index (χ0) is 19.1. The van der Waals surface area contributed by atoms with E-state index in [0.29, 0.717) is 0 Å². The summed E-state index contributed by atoms with van der Waals surface area (Å²) >= 11 is 6.08. The van der Waals surface area contributed by atoms with E-state index in [0.717, 1.165) is 55.9 Å². The molecule has 152 valence electrons. The molecule has 2 aromatic rings. The molecule has 0 radical (unpaired) electrons. The lowest BCUT2D eigenvalue weighted by Gasteiger charge is -2.29. The molecule has 3 rings (SSSR count). The highest BCUT2D eigenvalue weighted by Gasteiger charge is 2.11. The zero-order valence-electron chi connectivity index (χ0n) is 16.4. The summed E-state index contributed by atoms with van der Waals surface area (Å²) < 4.78 is 5.42. The van der Waals surface area contributed by atoms with E-state index < -0.39 is 0 Å². The third-order valence-electron chi connectivity index (χ3n) is 4.65. The molecule has 0 unspecified atom stereocenters. The van der Waals surface area contributed by atoms with Crippen LogP contribution in [0.4, 0.5) is 5.69 Å². The molecule has 0 amide bonds. The Morgan fingerprint density at radius 1 is 1.14 bits per heavy atom. The highest BCUT2D eigenvalue weighted by atomic mass is 127. The first-order valence-electron chi connectivity index (χ1n) is 9.23. The molecule has 28 heavy (non-hydrogen) atoms. The van der Waals surface area contributed by atoms with Gasteiger partial charge in [-0.15, -0.1) is 24.0 Å². The lowest BCUT2D eigenvalue weighted by molar-refractivity contribution is 0.122. The monoisotopic (exact) mass is 514 g/mol. The smallest absolute Gasteiger partial charge is 0.193 e. The Bertz CT molecular complexity index is 763. The first-order valence-corrected chi connectivity index (χ1v) is 9.61. The van der Waals surface area contributed by atoms with E-state index in [1.165, 1.54) is 11.3 Å². The molecule has 7 heteroatoms. The summed E-state index contributed by atoms with van der Waals surface area (Å²) in [6, 6.07) is 16.6. The Kier molecular flexibility index (Phi) is 9.34. The molecular weight excluding hydrogens is 487 g/mol. The van der Waals surface area contributed by atoms with E-state index in [9.17, 15) is 0 Å². The number of morpholine rings is 1. The predicted molar refractivity (Wildman–Crippen MR) is 128 cm³/mol. The van der Waals surface area contributed by atoms with Crippen LogP contribution < -0.4 is 10.2 Å². The highest BCUT2D eigenvalue weighted by Crippen LogP contribution is 2.17. The van der Waals surface area contributed by atoms with Gasteiger partial charge in [-0.25, -0.2) is 0 Å². The molecule has 1 aliphatic heterocycles. The van der Waals surface area contributed by atoms with E-state index in [4.69, 9.17) is 16.3 Å². The second kappa shape index (κ2) is 11.5. The number of nitrogens with zero attached hydrogens (tertiary/aromatic N) is 3. The fraction of sp³-hybridized carbons (Fsp3) is 0.381. The number of ether oxygens (including phenoxy) is 1. The van der Waals surface area contributed by atoms with Crippen LogP contribution in [0.5, 0.6) is 0 Å². The van der Waals surface area contributed by atoms with E-state index in [2.05, 4.69) is 50.4 Å². The molecule has 1 aliphatic rings. The fourth-order valence-corrected chi connectivity index (χ4v) is 3.41. The van der Waals surface area contributed by atoms with Crippen molar-refractivity contribution in [1.82, 2.24) is 10.2 Å². The highest BCUT2D eigenvalue weighted by molar-refractivity contribution is 14.0. The first-order chi connectivity index (χ1) is 13.2. The van der Waals surface area contributed by atoms with Gasteiger partial charge in [-0.1, -0.05) is 35.9 Å². The third kappa shape index (κ3) is 6.53. The Labute approximate surface area is 189 Å². The van der Waals surface area contributed by atoms with Crippen molar-refractivity contribution in [1.29, 1.82) is 0 Å². The van der Waals surface area contributed by atoms with Crippen molar-refractivity contribution >= 4 is 47.2 Å². The van der Waals surface area contributed by atoms with Gasteiger partial charge in [-0.2, -0.15) is 0 Å². The van der Waals surface area contributed by atoms with Crippen molar-refractivity contribution in [2.45, 2.75) is 13.1 Å². The largest absolute Gasteiger partial charge is 0.378 e. The summed E-state index contributed by atoms with van der Waals surface area (Å²) in [5, 5.41) is 4.18. The first kappa shape index (κ1) is 22.8. The Morgan fingerprint density at radius 3 is 2.50 bits per heavy atom. The second-order valence-electron chi connectivity index (χ2n) is 6.65. The summed E-state index contributed by atoms with van der Waals surface area (Å²) in [7, 11) is 3.83. The standard InChI is InChI=1S/C21H27ClN4O.HI/c1-23-21(25(2)16-18-4-3-5-19(22)14-18)24-15-17-6-8-20(9-7-17)26-10-12-27-13-11-26;/h3-9,14H,10-13,15-16H2,1-2H3,(H,23,24);1H. The number of halogens is 2. The van der Waals surface area contributed by atoms with Crippen LogP contribution in [0.1, 0.15) is 11.1 Å². The number of anilines is 1. The maximum atomic E-state index is 6.08. The minimum atomic E-state index is 0. The van der Waals surface area contributed by atoms with Crippen LogP contribution >= 0.6 is 35.6 Å². The summed E-state index contributed by atoms with van der Waals surface area (Å²) in [6.07, 6.45) is 0. The number of benzene rings is 2. The number of rotatable bonds is 5. The van der Waals surface area contributed by atoms with Gasteiger partial charge in [0.05, 0.1) is 13.2 Å². The van der Waals surface area contributed by atoms with E-state index in [1.807, 2.05) is 25.2 Å². The quantitative estimate of drug-likeness (QED) is 0.372. The third-order valence-corrected chi connectivity index (χ3v) is 4.88. The average molecular weight is 515 g/mol. The van der Waals surface area contributed by atoms with Crippen LogP contribution in [0.15, 0.2) is 53.5 Å². The number of hydrogen-bond donors (Lipinski definition) is 1. The van der Waals surface area contributed by atoms with Gasteiger partial charge in [0.25, 0.3) is 0 Å². The van der Waals surface area contributed by atoms with Crippen molar-refractivity contribution in [3.63, 3.8) is 0 Å². The van der Waals surface area contributed by atoms with Crippen LogP contribution in [0.25, 0.3) is 0 Å². The van der Waals surface area contributed by atoms with Crippen LogP contribution in [0.3, 0.4) is 0 Å². The number of aliphatic imine (C=N–C) groups is 1. The van der Waals surface area contributed by atoms with Gasteiger partial charge in [0.15, 0.2) is 5.96 Å². The molecule has 1 fully saturated rings. The van der Waals surface area contributed by atoms with Gasteiger partial charge in [0.2, 0.25) is 0 Å². The molecule has 0 spiro atoms. The molecule has 0 aliphatic carbocycles. The Balaban J connectivity index is 0.00000280. The predicted octanol–water partition coefficient (Wildman–Crippen LogP) is 4.00. The SMILES string of the molecule is CN=C(NCc1ccc(N2CCOCC2)cc1)N(C)Cc1cccc(Cl)c1.I. The van der Waals surface area contributed by atoms with Crippen molar-refractivity contribution in [3.8, 4) is 0 Å². The molecular formula is C21H28ClIN4O. The number of guanidine groups is 1. The molecule has 1 saturated heterocycles. The van der Waals surface area contributed by atoms with Crippen molar-refractivity contribution in [2.75, 3.05) is 45.3 Å². The molecule has 5 nitrogen and oxygen atoms in total. The minimum Gasteiger partial charge on any atom is -0.378 e. The normalized spacial score (nSPS) is 14.4. The van der Waals surface area contributed by atoms with Crippen LogP contribution in [0.2, 0.25) is 5.02 Å². The van der Waals surface area contributed by atoms with Gasteiger partial charge in [-0.3, -0.25) is 4.99 Å². The van der Waals surface area contributed by atoms with Crippen molar-refractivity contribution in [2.24, 2.45) is 4.99 Å². The number of nitrogens with one attached hydrogen (secondary N) is 1. The molecule has 0 saturated carbocycles. The van der Waals surface area contributed by atoms with Crippen LogP contribution in [-0.2, 0) is 17.8 Å². The number of hydrogen-bond acceptors (Lipinski definition) is 3. The maximum Gasteiger partial charge on any atom is 0.193 e. The Hall–Kier alpha value is -1.51. The second-order valence-corrected chi connectivity index (χ2v) is 7.09. The minimum absolute atomic E-state index is 0. The Morgan fingerprint density at radius 2 is 1.86 bits per heavy atom. The van der Waals surface area contributed by atoms with Gasteiger partial charge in [-0.05, 0) is 35.4 Å². The van der Waals surface area contributed by atoms with Gasteiger partial charge in [0, 0.05) is 51.0 Å². The van der Waals surface area contributed by atoms with Gasteiger partial charge >= 0.3 is 0 Å². The lowest BCUT2D eigenvalue weighted by atomic mass is 10.2. The molecule has 2 aromatic carbocycles. The maximum absolute atomic E-state index is 6.08. The van der Waals surface area contributed by atoms with Crippen molar-refractivity contribution < 1.29 is 4.74 Å². The summed E-state index contributed by atoms with van der Waals surface area (Å²) in [4.78, 5) is 8.84. The fourth-order valence-electron chi connectivity index (χ4n) is 3.20. The molecule has 1 heterocycles. The molecule has 0 atom stereocenters. The average Bonchev–Trinajstić information content (AvgIpc) is 2.69. The van der Waals surface area contributed by atoms with Gasteiger partial charge in [0.1, 0.15) is 0 Å². The van der Waals surface area contributed by atoms with Crippen molar-refractivity contribution in [3.05, 3.63) is 64.7 Å². The van der Waals surface area contributed by atoms with Crippen LogP contribution in [-0.4, -0.2) is 51.3 Å². The van der Waals surface area contributed by atoms with E-state index >= 15 is 0 Å². The summed E-state index contributed by atoms with van der Waals surface area (Å²) in [5.41, 5.74) is 3.64. The van der Waals surface area contributed by atoms with Crippen LogP contribution in [0, 0.1) is 0 Å². The topological polar surface area (TPSA) is 40.1 Å². The van der Waals surface area contributed by atoms with E-state index in [-0.39, 0.29) is 24.0 Å². The lowest BCUT2D eigenvalue weighted by Crippen LogP contribution is -2.38. The summed E-state index contributed by atoms with van der Waals surface area (Å²) in [5.74, 6) is 0.854. The molecule has 1 N–H and O–H groups in total. The summed E-state index contributed by atoms with van der Waals surface area (Å²) in [6.45, 7) is 5.00. The molecule has 0 bridgehead atoms. The molecule has 0 aromatic heterocycles.